The Balaban J connectivity index is 0.000000606. The summed E-state index contributed by atoms with van der Waals surface area (Å²) in [6.45, 7) is 0.855. The van der Waals surface area contributed by atoms with Crippen LogP contribution in [0.15, 0.2) is 24.3 Å². The van der Waals surface area contributed by atoms with E-state index in [1.165, 1.54) is 5.56 Å². The second kappa shape index (κ2) is 6.35. The highest BCUT2D eigenvalue weighted by Gasteiger charge is 2.29. The van der Waals surface area contributed by atoms with E-state index < -0.39 is 0 Å². The van der Waals surface area contributed by atoms with Gasteiger partial charge in [0.25, 0.3) is 0 Å². The maximum Gasteiger partial charge on any atom is 0.167 e. The van der Waals surface area contributed by atoms with Crippen molar-refractivity contribution >= 4 is 28.4 Å². The van der Waals surface area contributed by atoms with E-state index in [0.717, 1.165) is 18.5 Å². The zero-order chi connectivity index (χ0) is 12.1. The van der Waals surface area contributed by atoms with E-state index in [4.69, 9.17) is 0 Å². The number of carbonyl (C=O) groups excluding carboxylic acids is 1. The monoisotopic (exact) mass is 331 g/mol. The quantitative estimate of drug-likeness (QED) is 0.613. The fourth-order valence-corrected chi connectivity index (χ4v) is 2.10. The fraction of sp³-hybridized carbons (Fsp3) is 0.462. The number of benzene rings is 1. The number of ketones is 1. The largest absolute Gasteiger partial charge is 0.309 e. The molecule has 0 radical (unpaired) electrons. The molecular formula is C13H18INO. The van der Waals surface area contributed by atoms with Gasteiger partial charge in [-0.2, -0.15) is 0 Å². The standard InChI is InChI=1S/C12H15NO.CH3I/c1-13(2)8-10-7-9-5-3-4-6-11(9)12(10)14;1-2/h3-6,10H,7-8H2,1-2H3;1H3. The van der Waals surface area contributed by atoms with Crippen LogP contribution in [0, 0.1) is 5.92 Å². The molecule has 0 fully saturated rings. The molecular weight excluding hydrogens is 313 g/mol. The minimum atomic E-state index is 0.169. The van der Waals surface area contributed by atoms with Gasteiger partial charge in [0.2, 0.25) is 0 Å². The van der Waals surface area contributed by atoms with Crippen molar-refractivity contribution in [3.05, 3.63) is 35.4 Å². The van der Waals surface area contributed by atoms with Gasteiger partial charge in [-0.3, -0.25) is 4.79 Å². The average Bonchev–Trinajstić information content (AvgIpc) is 2.59. The molecule has 0 heterocycles. The van der Waals surface area contributed by atoms with E-state index in [0.29, 0.717) is 5.78 Å². The zero-order valence-electron chi connectivity index (χ0n) is 10.0. The van der Waals surface area contributed by atoms with Gasteiger partial charge < -0.3 is 4.90 Å². The number of carbonyl (C=O) groups is 1. The van der Waals surface area contributed by atoms with Crippen molar-refractivity contribution in [1.29, 1.82) is 0 Å². The first-order valence-electron chi connectivity index (χ1n) is 5.33. The normalized spacial score (nSPS) is 18.1. The van der Waals surface area contributed by atoms with Crippen LogP contribution in [0.3, 0.4) is 0 Å². The molecule has 1 aromatic rings. The second-order valence-corrected chi connectivity index (χ2v) is 4.18. The van der Waals surface area contributed by atoms with Crippen LogP contribution in [-0.4, -0.2) is 36.3 Å². The molecule has 1 atom stereocenters. The van der Waals surface area contributed by atoms with Gasteiger partial charge in [0.15, 0.2) is 5.78 Å². The maximum absolute atomic E-state index is 11.9. The lowest BCUT2D eigenvalue weighted by Crippen LogP contribution is -2.25. The fourth-order valence-electron chi connectivity index (χ4n) is 2.10. The molecule has 1 aliphatic rings. The molecule has 0 bridgehead atoms. The summed E-state index contributed by atoms with van der Waals surface area (Å²) in [7, 11) is 4.02. The number of hydrogen-bond donors (Lipinski definition) is 0. The van der Waals surface area contributed by atoms with Crippen molar-refractivity contribution in [1.82, 2.24) is 4.90 Å². The molecule has 1 unspecified atom stereocenters. The summed E-state index contributed by atoms with van der Waals surface area (Å²) < 4.78 is 0. The summed E-state index contributed by atoms with van der Waals surface area (Å²) in [6.07, 6.45) is 0.910. The molecule has 0 saturated heterocycles. The number of Topliss-reactive ketones (excluding diaryl/α,β-unsaturated/α-hetero) is 1. The molecule has 1 aromatic carbocycles. The number of rotatable bonds is 2. The lowest BCUT2D eigenvalue weighted by atomic mass is 10.1. The molecule has 0 N–H and O–H groups in total. The minimum Gasteiger partial charge on any atom is -0.309 e. The first-order valence-corrected chi connectivity index (χ1v) is 7.49. The van der Waals surface area contributed by atoms with Crippen molar-refractivity contribution in [3.63, 3.8) is 0 Å². The molecule has 88 valence electrons. The van der Waals surface area contributed by atoms with Crippen LogP contribution < -0.4 is 0 Å². The van der Waals surface area contributed by atoms with Gasteiger partial charge in [0.05, 0.1) is 0 Å². The average molecular weight is 331 g/mol. The van der Waals surface area contributed by atoms with Crippen molar-refractivity contribution in [2.24, 2.45) is 5.92 Å². The Morgan fingerprint density at radius 2 is 1.94 bits per heavy atom. The number of alkyl halides is 1. The van der Waals surface area contributed by atoms with Gasteiger partial charge in [-0.25, -0.2) is 0 Å². The molecule has 0 aromatic heterocycles. The van der Waals surface area contributed by atoms with Crippen LogP contribution in [0.5, 0.6) is 0 Å². The number of halogens is 1. The molecule has 0 amide bonds. The summed E-state index contributed by atoms with van der Waals surface area (Å²) in [4.78, 5) is 16.0. The van der Waals surface area contributed by atoms with E-state index in [-0.39, 0.29) is 5.92 Å². The Morgan fingerprint density at radius 1 is 1.31 bits per heavy atom. The van der Waals surface area contributed by atoms with E-state index >= 15 is 0 Å². The Morgan fingerprint density at radius 3 is 2.50 bits per heavy atom. The van der Waals surface area contributed by atoms with E-state index in [1.807, 2.05) is 37.2 Å². The van der Waals surface area contributed by atoms with Crippen LogP contribution in [-0.2, 0) is 6.42 Å². The maximum atomic E-state index is 11.9. The molecule has 3 heteroatoms. The van der Waals surface area contributed by atoms with Crippen LogP contribution >= 0.6 is 22.6 Å². The highest BCUT2D eigenvalue weighted by Crippen LogP contribution is 2.26. The van der Waals surface area contributed by atoms with E-state index in [2.05, 4.69) is 33.6 Å². The first-order chi connectivity index (χ1) is 7.68. The van der Waals surface area contributed by atoms with Crippen molar-refractivity contribution in [2.45, 2.75) is 6.42 Å². The smallest absolute Gasteiger partial charge is 0.167 e. The Hall–Kier alpha value is -0.420. The van der Waals surface area contributed by atoms with Gasteiger partial charge in [0.1, 0.15) is 0 Å². The van der Waals surface area contributed by atoms with Gasteiger partial charge in [0, 0.05) is 18.0 Å². The summed E-state index contributed by atoms with van der Waals surface area (Å²) in [5.41, 5.74) is 2.14. The van der Waals surface area contributed by atoms with Crippen LogP contribution in [0.25, 0.3) is 0 Å². The Kier molecular flexibility index (Phi) is 5.41. The second-order valence-electron chi connectivity index (χ2n) is 4.18. The summed E-state index contributed by atoms with van der Waals surface area (Å²) in [5.74, 6) is 0.483. The molecule has 2 nitrogen and oxygen atoms in total. The predicted octanol–water partition coefficient (Wildman–Crippen LogP) is 2.65. The van der Waals surface area contributed by atoms with E-state index in [9.17, 15) is 4.79 Å². The molecule has 1 aliphatic carbocycles. The predicted molar refractivity (Wildman–Crippen MR) is 76.5 cm³/mol. The highest BCUT2D eigenvalue weighted by atomic mass is 127. The van der Waals surface area contributed by atoms with Crippen LogP contribution in [0.1, 0.15) is 15.9 Å². The van der Waals surface area contributed by atoms with Crippen molar-refractivity contribution in [3.8, 4) is 0 Å². The Bertz CT molecular complexity index is 363. The molecule has 16 heavy (non-hydrogen) atoms. The molecule has 2 rings (SSSR count). The molecule has 0 spiro atoms. The molecule has 0 saturated carbocycles. The third-order valence-corrected chi connectivity index (χ3v) is 2.71. The van der Waals surface area contributed by atoms with Gasteiger partial charge in [-0.05, 0) is 31.0 Å². The van der Waals surface area contributed by atoms with Crippen LogP contribution in [0.2, 0.25) is 0 Å². The highest BCUT2D eigenvalue weighted by molar-refractivity contribution is 14.1. The SMILES string of the molecule is CI.CN(C)CC1Cc2ccccc2C1=O. The van der Waals surface area contributed by atoms with Crippen molar-refractivity contribution < 1.29 is 4.79 Å². The summed E-state index contributed by atoms with van der Waals surface area (Å²) in [5, 5.41) is 0. The van der Waals surface area contributed by atoms with Crippen LogP contribution in [0.4, 0.5) is 0 Å². The number of nitrogens with zero attached hydrogens (tertiary/aromatic N) is 1. The number of fused-ring (bicyclic) bond motifs is 1. The topological polar surface area (TPSA) is 20.3 Å². The lowest BCUT2D eigenvalue weighted by molar-refractivity contribution is 0.0916. The summed E-state index contributed by atoms with van der Waals surface area (Å²) in [6, 6.07) is 7.94. The first kappa shape index (κ1) is 13.6. The van der Waals surface area contributed by atoms with E-state index in [1.54, 1.807) is 0 Å². The lowest BCUT2D eigenvalue weighted by Gasteiger charge is -2.13. The number of hydrogen-bond acceptors (Lipinski definition) is 2. The zero-order valence-corrected chi connectivity index (χ0v) is 12.2. The third kappa shape index (κ3) is 3.04. The minimum absolute atomic E-state index is 0.169. The molecule has 0 aliphatic heterocycles. The van der Waals surface area contributed by atoms with Crippen molar-refractivity contribution in [2.75, 3.05) is 25.6 Å². The summed E-state index contributed by atoms with van der Waals surface area (Å²) >= 11 is 2.15. The Labute approximate surface area is 111 Å². The third-order valence-electron chi connectivity index (χ3n) is 2.71. The van der Waals surface area contributed by atoms with Gasteiger partial charge in [-0.1, -0.05) is 46.9 Å². The van der Waals surface area contributed by atoms with Gasteiger partial charge >= 0.3 is 0 Å². The van der Waals surface area contributed by atoms with Gasteiger partial charge in [-0.15, -0.1) is 0 Å².